The molecule has 26 heavy (non-hydrogen) atoms. The van der Waals surface area contributed by atoms with Gasteiger partial charge in [-0.1, -0.05) is 35.9 Å². The van der Waals surface area contributed by atoms with Gasteiger partial charge < -0.3 is 15.5 Å². The molecule has 0 saturated carbocycles. The molecule has 136 valence electrons. The zero-order chi connectivity index (χ0) is 18.7. The minimum Gasteiger partial charge on any atom is -0.356 e. The van der Waals surface area contributed by atoms with Crippen LogP contribution < -0.4 is 15.5 Å². The van der Waals surface area contributed by atoms with Crippen LogP contribution in [0.5, 0.6) is 0 Å². The molecule has 1 saturated heterocycles. The van der Waals surface area contributed by atoms with E-state index in [9.17, 15) is 4.79 Å². The molecule has 0 spiro atoms. The predicted octanol–water partition coefficient (Wildman–Crippen LogP) is 4.48. The van der Waals surface area contributed by atoms with Gasteiger partial charge in [0.15, 0.2) is 5.11 Å². The Balaban J connectivity index is 1.67. The summed E-state index contributed by atoms with van der Waals surface area (Å²) in [7, 11) is 0. The lowest BCUT2D eigenvalue weighted by Gasteiger charge is -2.21. The summed E-state index contributed by atoms with van der Waals surface area (Å²) in [5, 5.41) is 7.13. The van der Waals surface area contributed by atoms with Crippen molar-refractivity contribution < 1.29 is 4.79 Å². The van der Waals surface area contributed by atoms with Crippen molar-refractivity contribution in [2.24, 2.45) is 0 Å². The molecule has 4 nitrogen and oxygen atoms in total. The van der Waals surface area contributed by atoms with Crippen molar-refractivity contribution in [3.8, 4) is 0 Å². The smallest absolute Gasteiger partial charge is 0.227 e. The molecule has 1 amide bonds. The maximum absolute atomic E-state index is 12.1. The summed E-state index contributed by atoms with van der Waals surface area (Å²) in [5.41, 5.74) is 5.38. The normalized spacial score (nSPS) is 15.0. The average Bonchev–Trinajstić information content (AvgIpc) is 3.03. The van der Waals surface area contributed by atoms with Gasteiger partial charge in [0.2, 0.25) is 5.91 Å². The zero-order valence-electron chi connectivity index (χ0n) is 15.5. The number of thiocarbonyl (C=S) groups is 1. The van der Waals surface area contributed by atoms with Crippen LogP contribution in [0.25, 0.3) is 0 Å². The highest BCUT2D eigenvalue weighted by Gasteiger charge is 2.23. The first kappa shape index (κ1) is 18.4. The molecule has 0 radical (unpaired) electrons. The van der Waals surface area contributed by atoms with Crippen LogP contribution in [0.2, 0.25) is 0 Å². The standard InChI is InChI=1S/C21H25N3OS/c1-14-6-9-17(10-7-14)16(3)22-21(26)23-18-11-8-15(2)19(13-18)24-12-4-5-20(24)25/h6-11,13,16H,4-5,12H2,1-3H3,(H2,22,23,26). The SMILES string of the molecule is Cc1ccc(C(C)NC(=S)Nc2ccc(C)c(N3CCCC3=O)c2)cc1. The Hall–Kier alpha value is -2.40. The Kier molecular flexibility index (Phi) is 5.57. The van der Waals surface area contributed by atoms with E-state index >= 15 is 0 Å². The van der Waals surface area contributed by atoms with Crippen molar-refractivity contribution in [3.05, 3.63) is 59.2 Å². The summed E-state index contributed by atoms with van der Waals surface area (Å²) in [4.78, 5) is 13.9. The molecule has 0 bridgehead atoms. The fraction of sp³-hybridized carbons (Fsp3) is 0.333. The number of anilines is 2. The van der Waals surface area contributed by atoms with Crippen LogP contribution in [-0.4, -0.2) is 17.6 Å². The molecule has 2 aromatic rings. The van der Waals surface area contributed by atoms with E-state index in [4.69, 9.17) is 12.2 Å². The summed E-state index contributed by atoms with van der Waals surface area (Å²) >= 11 is 5.47. The summed E-state index contributed by atoms with van der Waals surface area (Å²) in [6.07, 6.45) is 1.55. The Bertz CT molecular complexity index is 817. The fourth-order valence-corrected chi connectivity index (χ4v) is 3.48. The van der Waals surface area contributed by atoms with Gasteiger partial charge in [-0.2, -0.15) is 0 Å². The monoisotopic (exact) mass is 367 g/mol. The highest BCUT2D eigenvalue weighted by Crippen LogP contribution is 2.28. The first-order valence-corrected chi connectivity index (χ1v) is 9.40. The Morgan fingerprint density at radius 1 is 1.15 bits per heavy atom. The average molecular weight is 368 g/mol. The van der Waals surface area contributed by atoms with Crippen molar-refractivity contribution in [3.63, 3.8) is 0 Å². The van der Waals surface area contributed by atoms with Gasteiger partial charge in [-0.05, 0) is 62.7 Å². The molecule has 1 heterocycles. The third kappa shape index (κ3) is 4.22. The summed E-state index contributed by atoms with van der Waals surface area (Å²) in [5.74, 6) is 0.193. The Labute approximate surface area is 160 Å². The number of benzene rings is 2. The van der Waals surface area contributed by atoms with E-state index in [1.54, 1.807) is 0 Å². The number of carbonyl (C=O) groups excluding carboxylic acids is 1. The molecule has 2 N–H and O–H groups in total. The van der Waals surface area contributed by atoms with Crippen molar-refractivity contribution in [1.82, 2.24) is 5.32 Å². The second kappa shape index (κ2) is 7.87. The Morgan fingerprint density at radius 3 is 2.54 bits per heavy atom. The zero-order valence-corrected chi connectivity index (χ0v) is 16.3. The lowest BCUT2D eigenvalue weighted by Crippen LogP contribution is -2.31. The number of carbonyl (C=O) groups is 1. The molecule has 1 unspecified atom stereocenters. The number of nitrogens with zero attached hydrogens (tertiary/aromatic N) is 1. The first-order chi connectivity index (χ1) is 12.4. The van der Waals surface area contributed by atoms with Crippen LogP contribution in [0, 0.1) is 13.8 Å². The maximum Gasteiger partial charge on any atom is 0.227 e. The van der Waals surface area contributed by atoms with Gasteiger partial charge in [-0.25, -0.2) is 0 Å². The molecule has 5 heteroatoms. The number of hydrogen-bond acceptors (Lipinski definition) is 2. The summed E-state index contributed by atoms with van der Waals surface area (Å²) < 4.78 is 0. The Morgan fingerprint density at radius 2 is 1.88 bits per heavy atom. The number of aryl methyl sites for hydroxylation is 2. The second-order valence-electron chi connectivity index (χ2n) is 6.88. The largest absolute Gasteiger partial charge is 0.356 e. The third-order valence-electron chi connectivity index (χ3n) is 4.76. The van der Waals surface area contributed by atoms with E-state index in [1.807, 2.05) is 30.0 Å². The molecular weight excluding hydrogens is 342 g/mol. The number of amides is 1. The number of nitrogens with one attached hydrogen (secondary N) is 2. The molecule has 0 aliphatic carbocycles. The predicted molar refractivity (Wildman–Crippen MR) is 112 cm³/mol. The minimum absolute atomic E-state index is 0.112. The van der Waals surface area contributed by atoms with E-state index in [1.165, 1.54) is 11.1 Å². The van der Waals surface area contributed by atoms with Gasteiger partial charge in [0.05, 0.1) is 6.04 Å². The highest BCUT2D eigenvalue weighted by molar-refractivity contribution is 7.80. The van der Waals surface area contributed by atoms with E-state index < -0.39 is 0 Å². The van der Waals surface area contributed by atoms with Gasteiger partial charge in [0, 0.05) is 24.3 Å². The fourth-order valence-electron chi connectivity index (χ4n) is 3.18. The lowest BCUT2D eigenvalue weighted by molar-refractivity contribution is -0.117. The van der Waals surface area contributed by atoms with E-state index in [-0.39, 0.29) is 11.9 Å². The molecule has 0 aromatic heterocycles. The first-order valence-electron chi connectivity index (χ1n) is 8.99. The van der Waals surface area contributed by atoms with Gasteiger partial charge in [-0.15, -0.1) is 0 Å². The summed E-state index contributed by atoms with van der Waals surface area (Å²) in [6, 6.07) is 14.5. The van der Waals surface area contributed by atoms with Crippen molar-refractivity contribution in [2.75, 3.05) is 16.8 Å². The van der Waals surface area contributed by atoms with E-state index in [0.717, 1.165) is 29.9 Å². The summed E-state index contributed by atoms with van der Waals surface area (Å²) in [6.45, 7) is 6.98. The molecular formula is C21H25N3OS. The van der Waals surface area contributed by atoms with Gasteiger partial charge in [0.25, 0.3) is 0 Å². The van der Waals surface area contributed by atoms with Crippen LogP contribution >= 0.6 is 12.2 Å². The minimum atomic E-state index is 0.112. The van der Waals surface area contributed by atoms with Crippen LogP contribution in [-0.2, 0) is 4.79 Å². The van der Waals surface area contributed by atoms with Crippen molar-refractivity contribution in [1.29, 1.82) is 0 Å². The van der Waals surface area contributed by atoms with E-state index in [0.29, 0.717) is 11.5 Å². The van der Waals surface area contributed by atoms with E-state index in [2.05, 4.69) is 48.7 Å². The topological polar surface area (TPSA) is 44.4 Å². The quantitative estimate of drug-likeness (QED) is 0.782. The van der Waals surface area contributed by atoms with Crippen molar-refractivity contribution in [2.45, 2.75) is 39.7 Å². The highest BCUT2D eigenvalue weighted by atomic mass is 32.1. The number of rotatable bonds is 4. The number of hydrogen-bond donors (Lipinski definition) is 2. The molecule has 3 rings (SSSR count). The van der Waals surface area contributed by atoms with Crippen LogP contribution in [0.1, 0.15) is 42.5 Å². The molecule has 1 fully saturated rings. The maximum atomic E-state index is 12.1. The van der Waals surface area contributed by atoms with Gasteiger partial charge in [-0.3, -0.25) is 4.79 Å². The molecule has 2 aromatic carbocycles. The molecule has 1 aliphatic heterocycles. The second-order valence-corrected chi connectivity index (χ2v) is 7.29. The molecule has 1 atom stereocenters. The van der Waals surface area contributed by atoms with Crippen LogP contribution in [0.15, 0.2) is 42.5 Å². The molecule has 1 aliphatic rings. The lowest BCUT2D eigenvalue weighted by atomic mass is 10.1. The van der Waals surface area contributed by atoms with Crippen LogP contribution in [0.4, 0.5) is 11.4 Å². The third-order valence-corrected chi connectivity index (χ3v) is 4.98. The van der Waals surface area contributed by atoms with Gasteiger partial charge in [0.1, 0.15) is 0 Å². The van der Waals surface area contributed by atoms with Gasteiger partial charge >= 0.3 is 0 Å². The van der Waals surface area contributed by atoms with Crippen molar-refractivity contribution >= 4 is 34.6 Å². The van der Waals surface area contributed by atoms with Crippen LogP contribution in [0.3, 0.4) is 0 Å².